The van der Waals surface area contributed by atoms with Crippen LogP contribution in [-0.4, -0.2) is 17.7 Å². The first kappa shape index (κ1) is 12.2. The Morgan fingerprint density at radius 3 is 2.61 bits per heavy atom. The highest BCUT2D eigenvalue weighted by Gasteiger charge is 2.09. The Labute approximate surface area is 105 Å². The van der Waals surface area contributed by atoms with Crippen molar-refractivity contribution in [3.05, 3.63) is 53.8 Å². The maximum atomic E-state index is 10.6. The minimum absolute atomic E-state index is 0.104. The molecule has 0 atom stereocenters. The highest BCUT2D eigenvalue weighted by molar-refractivity contribution is 5.84. The van der Waals surface area contributed by atoms with Crippen LogP contribution in [0.3, 0.4) is 0 Å². The molecule has 94 valence electrons. The topological polar surface area (TPSA) is 59.7 Å². The van der Waals surface area contributed by atoms with Crippen LogP contribution in [0.25, 0.3) is 0 Å². The second-order valence-electron chi connectivity index (χ2n) is 3.86. The molecule has 0 bridgehead atoms. The lowest BCUT2D eigenvalue weighted by molar-refractivity contribution is 0.0653. The van der Waals surface area contributed by atoms with Gasteiger partial charge >= 0.3 is 5.97 Å². The number of carboxylic acid groups (broad SMARTS) is 1. The van der Waals surface area contributed by atoms with Crippen LogP contribution in [0.1, 0.15) is 22.5 Å². The summed E-state index contributed by atoms with van der Waals surface area (Å²) in [6.07, 6.45) is 1.78. The van der Waals surface area contributed by atoms with Crippen molar-refractivity contribution in [2.45, 2.75) is 12.8 Å². The van der Waals surface area contributed by atoms with E-state index >= 15 is 0 Å². The molecule has 18 heavy (non-hydrogen) atoms. The van der Waals surface area contributed by atoms with Crippen molar-refractivity contribution in [3.63, 3.8) is 0 Å². The van der Waals surface area contributed by atoms with Crippen LogP contribution in [0.15, 0.2) is 46.9 Å². The summed E-state index contributed by atoms with van der Waals surface area (Å²) >= 11 is 0. The Balaban J connectivity index is 1.73. The Morgan fingerprint density at radius 2 is 1.94 bits per heavy atom. The second-order valence-corrected chi connectivity index (χ2v) is 3.86. The molecule has 0 fully saturated rings. The van der Waals surface area contributed by atoms with Gasteiger partial charge < -0.3 is 14.3 Å². The standard InChI is InChI=1S/C14H14O4/c15-14(16)12-8-9-13(18-12)17-10-4-7-11-5-2-1-3-6-11/h1-3,5-6,8-9H,4,7,10H2,(H,15,16). The highest BCUT2D eigenvalue weighted by Crippen LogP contribution is 2.16. The lowest BCUT2D eigenvalue weighted by atomic mass is 10.1. The molecule has 0 aliphatic carbocycles. The van der Waals surface area contributed by atoms with Crippen molar-refractivity contribution >= 4 is 5.97 Å². The van der Waals surface area contributed by atoms with Crippen molar-refractivity contribution in [2.24, 2.45) is 0 Å². The molecular formula is C14H14O4. The van der Waals surface area contributed by atoms with Crippen molar-refractivity contribution < 1.29 is 19.1 Å². The van der Waals surface area contributed by atoms with Crippen molar-refractivity contribution in [1.82, 2.24) is 0 Å². The third kappa shape index (κ3) is 3.38. The minimum Gasteiger partial charge on any atom is -0.475 e. The van der Waals surface area contributed by atoms with E-state index in [9.17, 15) is 4.79 Å². The van der Waals surface area contributed by atoms with E-state index in [1.807, 2.05) is 18.2 Å². The van der Waals surface area contributed by atoms with E-state index in [0.717, 1.165) is 12.8 Å². The number of ether oxygens (including phenoxy) is 1. The Kier molecular flexibility index (Phi) is 4.02. The summed E-state index contributed by atoms with van der Waals surface area (Å²) in [4.78, 5) is 10.6. The van der Waals surface area contributed by atoms with Crippen LogP contribution in [0.2, 0.25) is 0 Å². The number of hydrogen-bond donors (Lipinski definition) is 1. The van der Waals surface area contributed by atoms with E-state index in [1.165, 1.54) is 17.7 Å². The summed E-state index contributed by atoms with van der Waals surface area (Å²) in [5, 5.41) is 8.67. The second kappa shape index (κ2) is 5.91. The third-order valence-corrected chi connectivity index (χ3v) is 2.49. The van der Waals surface area contributed by atoms with Gasteiger partial charge in [0.2, 0.25) is 5.76 Å². The largest absolute Gasteiger partial charge is 0.475 e. The molecular weight excluding hydrogens is 232 g/mol. The van der Waals surface area contributed by atoms with Gasteiger partial charge in [0.05, 0.1) is 6.61 Å². The highest BCUT2D eigenvalue weighted by atomic mass is 16.6. The number of carboxylic acids is 1. The number of rotatable bonds is 6. The molecule has 0 amide bonds. The molecule has 2 aromatic rings. The first-order valence-electron chi connectivity index (χ1n) is 5.75. The van der Waals surface area contributed by atoms with E-state index in [2.05, 4.69) is 12.1 Å². The summed E-state index contributed by atoms with van der Waals surface area (Å²) < 4.78 is 10.3. The summed E-state index contributed by atoms with van der Waals surface area (Å²) in [5.74, 6) is -0.942. The normalized spacial score (nSPS) is 10.2. The lowest BCUT2D eigenvalue weighted by Crippen LogP contribution is -1.98. The van der Waals surface area contributed by atoms with Crippen LogP contribution in [0, 0.1) is 0 Å². The predicted octanol–water partition coefficient (Wildman–Crippen LogP) is 2.99. The van der Waals surface area contributed by atoms with Gasteiger partial charge in [-0.15, -0.1) is 0 Å². The summed E-state index contributed by atoms with van der Waals surface area (Å²) in [5.41, 5.74) is 1.26. The van der Waals surface area contributed by atoms with Crippen LogP contribution in [0.4, 0.5) is 0 Å². The van der Waals surface area contributed by atoms with Crippen molar-refractivity contribution in [2.75, 3.05) is 6.61 Å². The smallest absolute Gasteiger partial charge is 0.371 e. The first-order valence-corrected chi connectivity index (χ1v) is 5.75. The fourth-order valence-corrected chi connectivity index (χ4v) is 1.61. The van der Waals surface area contributed by atoms with Gasteiger partial charge in [0.25, 0.3) is 5.95 Å². The third-order valence-electron chi connectivity index (χ3n) is 2.49. The monoisotopic (exact) mass is 246 g/mol. The molecule has 0 spiro atoms. The molecule has 0 saturated heterocycles. The van der Waals surface area contributed by atoms with Gasteiger partial charge in [-0.05, 0) is 24.5 Å². The van der Waals surface area contributed by atoms with E-state index in [1.54, 1.807) is 0 Å². The zero-order valence-electron chi connectivity index (χ0n) is 9.83. The van der Waals surface area contributed by atoms with Crippen LogP contribution < -0.4 is 4.74 Å². The Morgan fingerprint density at radius 1 is 1.17 bits per heavy atom. The Hall–Kier alpha value is -2.23. The fraction of sp³-hybridized carbons (Fsp3) is 0.214. The summed E-state index contributed by atoms with van der Waals surface area (Å²) in [6, 6.07) is 13.0. The molecule has 0 radical (unpaired) electrons. The van der Waals surface area contributed by atoms with Crippen LogP contribution in [-0.2, 0) is 6.42 Å². The molecule has 1 N–H and O–H groups in total. The average molecular weight is 246 g/mol. The number of furan rings is 1. The number of hydrogen-bond acceptors (Lipinski definition) is 3. The maximum Gasteiger partial charge on any atom is 0.371 e. The number of benzene rings is 1. The van der Waals surface area contributed by atoms with Crippen molar-refractivity contribution in [3.8, 4) is 5.95 Å². The van der Waals surface area contributed by atoms with Crippen LogP contribution in [0.5, 0.6) is 5.95 Å². The number of aromatic carboxylic acids is 1. The Bertz CT molecular complexity index is 502. The molecule has 4 heteroatoms. The van der Waals surface area contributed by atoms with Gasteiger partial charge in [-0.2, -0.15) is 0 Å². The fourth-order valence-electron chi connectivity index (χ4n) is 1.61. The first-order chi connectivity index (χ1) is 8.75. The van der Waals surface area contributed by atoms with E-state index < -0.39 is 5.97 Å². The average Bonchev–Trinajstić information content (AvgIpc) is 2.85. The molecule has 0 aliphatic rings. The zero-order valence-corrected chi connectivity index (χ0v) is 9.83. The molecule has 0 aliphatic heterocycles. The van der Waals surface area contributed by atoms with Gasteiger partial charge in [-0.1, -0.05) is 30.3 Å². The zero-order chi connectivity index (χ0) is 12.8. The molecule has 2 rings (SSSR count). The summed E-state index contributed by atoms with van der Waals surface area (Å²) in [6.45, 7) is 0.501. The molecule has 1 aromatic heterocycles. The molecule has 0 unspecified atom stereocenters. The van der Waals surface area contributed by atoms with Gasteiger partial charge in [0.15, 0.2) is 0 Å². The quantitative estimate of drug-likeness (QED) is 0.796. The van der Waals surface area contributed by atoms with E-state index in [-0.39, 0.29) is 11.7 Å². The van der Waals surface area contributed by atoms with Gasteiger partial charge in [0, 0.05) is 6.07 Å². The predicted molar refractivity (Wildman–Crippen MR) is 65.9 cm³/mol. The maximum absolute atomic E-state index is 10.6. The number of aryl methyl sites for hydroxylation is 1. The molecule has 1 heterocycles. The van der Waals surface area contributed by atoms with E-state index in [0.29, 0.717) is 6.61 Å². The SMILES string of the molecule is O=C(O)c1ccc(OCCCc2ccccc2)o1. The number of carbonyl (C=O) groups is 1. The lowest BCUT2D eigenvalue weighted by Gasteiger charge is -2.02. The van der Waals surface area contributed by atoms with Crippen molar-refractivity contribution in [1.29, 1.82) is 0 Å². The van der Waals surface area contributed by atoms with Crippen LogP contribution >= 0.6 is 0 Å². The van der Waals surface area contributed by atoms with Gasteiger partial charge in [-0.3, -0.25) is 0 Å². The van der Waals surface area contributed by atoms with Gasteiger partial charge in [0.1, 0.15) is 0 Å². The van der Waals surface area contributed by atoms with Gasteiger partial charge in [-0.25, -0.2) is 4.79 Å². The molecule has 1 aromatic carbocycles. The summed E-state index contributed by atoms with van der Waals surface area (Å²) in [7, 11) is 0. The molecule has 4 nitrogen and oxygen atoms in total. The molecule has 0 saturated carbocycles. The minimum atomic E-state index is -1.09. The van der Waals surface area contributed by atoms with E-state index in [4.69, 9.17) is 14.3 Å².